The summed E-state index contributed by atoms with van der Waals surface area (Å²) >= 11 is 0. The van der Waals surface area contributed by atoms with Gasteiger partial charge in [0.15, 0.2) is 5.82 Å². The third-order valence-electron chi connectivity index (χ3n) is 3.24. The average Bonchev–Trinajstić information content (AvgIpc) is 2.89. The highest BCUT2D eigenvalue weighted by atomic mass is 16.4. The second-order valence-electron chi connectivity index (χ2n) is 4.58. The molecule has 0 bridgehead atoms. The van der Waals surface area contributed by atoms with Crippen LogP contribution >= 0.6 is 0 Å². The second kappa shape index (κ2) is 5.20. The largest absolute Gasteiger partial charge is 0.478 e. The first-order chi connectivity index (χ1) is 10.2. The van der Waals surface area contributed by atoms with E-state index in [0.29, 0.717) is 17.7 Å². The first-order valence-corrected chi connectivity index (χ1v) is 6.34. The van der Waals surface area contributed by atoms with Crippen LogP contribution in [0, 0.1) is 0 Å². The molecule has 0 amide bonds. The van der Waals surface area contributed by atoms with Gasteiger partial charge in [0.1, 0.15) is 12.1 Å². The minimum Gasteiger partial charge on any atom is -0.478 e. The molecule has 0 fully saturated rings. The molecule has 0 aliphatic rings. The molecule has 3 aromatic rings. The van der Waals surface area contributed by atoms with Crippen LogP contribution in [0.4, 0.5) is 5.82 Å². The van der Waals surface area contributed by atoms with Gasteiger partial charge >= 0.3 is 5.97 Å². The molecule has 2 N–H and O–H groups in total. The van der Waals surface area contributed by atoms with Gasteiger partial charge in [-0.1, -0.05) is 24.3 Å². The maximum Gasteiger partial charge on any atom is 0.337 e. The molecule has 0 spiro atoms. The van der Waals surface area contributed by atoms with Gasteiger partial charge in [-0.2, -0.15) is 0 Å². The average molecular weight is 283 g/mol. The highest BCUT2D eigenvalue weighted by molar-refractivity contribution is 6.06. The molecule has 21 heavy (non-hydrogen) atoms. The van der Waals surface area contributed by atoms with Crippen molar-refractivity contribution in [3.05, 3.63) is 48.2 Å². The number of aromatic nitrogens is 4. The predicted octanol–water partition coefficient (Wildman–Crippen LogP) is 1.67. The number of hydrogen-bond acceptors (Lipinski definition) is 5. The Bertz CT molecular complexity index is 812. The van der Waals surface area contributed by atoms with E-state index in [9.17, 15) is 9.90 Å². The van der Waals surface area contributed by atoms with E-state index in [2.05, 4.69) is 20.5 Å². The zero-order valence-electron chi connectivity index (χ0n) is 11.3. The number of carbonyl (C=O) groups is 1. The number of aryl methyl sites for hydroxylation is 1. The van der Waals surface area contributed by atoms with Crippen molar-refractivity contribution in [1.29, 1.82) is 0 Å². The lowest BCUT2D eigenvalue weighted by Gasteiger charge is -2.10. The van der Waals surface area contributed by atoms with E-state index in [1.807, 2.05) is 19.2 Å². The standard InChI is InChI=1S/C14H13N5O2/c1-19-8-17-18-12(19)7-16-13-10-5-3-2-4-9(10)11(6-15-13)14(20)21/h2-6,8H,7H2,1H3,(H,15,16)(H,20,21). The molecule has 1 aromatic carbocycles. The van der Waals surface area contributed by atoms with Crippen molar-refractivity contribution in [2.75, 3.05) is 5.32 Å². The Labute approximate surface area is 120 Å². The van der Waals surface area contributed by atoms with Crippen LogP contribution in [0.25, 0.3) is 10.8 Å². The quantitative estimate of drug-likeness (QED) is 0.756. The Kier molecular flexibility index (Phi) is 3.23. The molecule has 2 heterocycles. The van der Waals surface area contributed by atoms with E-state index in [1.54, 1.807) is 23.0 Å². The van der Waals surface area contributed by atoms with Gasteiger partial charge in [-0.05, 0) is 0 Å². The molecule has 0 radical (unpaired) electrons. The van der Waals surface area contributed by atoms with Gasteiger partial charge in [0.05, 0.1) is 12.1 Å². The van der Waals surface area contributed by atoms with Gasteiger partial charge in [0.2, 0.25) is 0 Å². The van der Waals surface area contributed by atoms with Crippen LogP contribution in [0.15, 0.2) is 36.8 Å². The zero-order valence-corrected chi connectivity index (χ0v) is 11.3. The van der Waals surface area contributed by atoms with Crippen molar-refractivity contribution in [1.82, 2.24) is 19.7 Å². The van der Waals surface area contributed by atoms with Crippen molar-refractivity contribution >= 4 is 22.6 Å². The summed E-state index contributed by atoms with van der Waals surface area (Å²) in [5.41, 5.74) is 0.190. The highest BCUT2D eigenvalue weighted by Gasteiger charge is 2.12. The maximum atomic E-state index is 11.2. The molecular formula is C14H13N5O2. The molecule has 7 nitrogen and oxygen atoms in total. The summed E-state index contributed by atoms with van der Waals surface area (Å²) in [6, 6.07) is 7.27. The molecule has 0 saturated carbocycles. The van der Waals surface area contributed by atoms with Crippen LogP contribution in [0.5, 0.6) is 0 Å². The van der Waals surface area contributed by atoms with E-state index in [4.69, 9.17) is 0 Å². The summed E-state index contributed by atoms with van der Waals surface area (Å²) < 4.78 is 1.81. The Morgan fingerprint density at radius 3 is 2.76 bits per heavy atom. The van der Waals surface area contributed by atoms with Gasteiger partial charge in [-0.25, -0.2) is 9.78 Å². The Morgan fingerprint density at radius 2 is 2.10 bits per heavy atom. The summed E-state index contributed by atoms with van der Waals surface area (Å²) in [5.74, 6) is 0.403. The van der Waals surface area contributed by atoms with Crippen LogP contribution in [-0.2, 0) is 13.6 Å². The normalized spacial score (nSPS) is 10.7. The first-order valence-electron chi connectivity index (χ1n) is 6.34. The van der Waals surface area contributed by atoms with Crippen LogP contribution < -0.4 is 5.32 Å². The van der Waals surface area contributed by atoms with Crippen LogP contribution in [0.2, 0.25) is 0 Å². The molecule has 0 aliphatic heterocycles. The van der Waals surface area contributed by atoms with E-state index >= 15 is 0 Å². The van der Waals surface area contributed by atoms with E-state index in [-0.39, 0.29) is 5.56 Å². The summed E-state index contributed by atoms with van der Waals surface area (Å²) in [5, 5.41) is 21.6. The number of fused-ring (bicyclic) bond motifs is 1. The Morgan fingerprint density at radius 1 is 1.33 bits per heavy atom. The smallest absolute Gasteiger partial charge is 0.337 e. The molecule has 0 saturated heterocycles. The number of nitrogens with zero attached hydrogens (tertiary/aromatic N) is 4. The number of carboxylic acids is 1. The van der Waals surface area contributed by atoms with Crippen molar-refractivity contribution in [3.8, 4) is 0 Å². The summed E-state index contributed by atoms with van der Waals surface area (Å²) in [6.07, 6.45) is 2.99. The molecule has 0 unspecified atom stereocenters. The number of pyridine rings is 1. The number of rotatable bonds is 4. The fourth-order valence-electron chi connectivity index (χ4n) is 2.13. The monoisotopic (exact) mass is 283 g/mol. The third-order valence-corrected chi connectivity index (χ3v) is 3.24. The SMILES string of the molecule is Cn1cnnc1CNc1ncc(C(=O)O)c2ccccc12. The molecule has 2 aromatic heterocycles. The summed E-state index contributed by atoms with van der Waals surface area (Å²) in [6.45, 7) is 0.458. The van der Waals surface area contributed by atoms with Crippen molar-refractivity contribution in [2.24, 2.45) is 7.05 Å². The minimum atomic E-state index is -0.987. The predicted molar refractivity (Wildman–Crippen MR) is 77.0 cm³/mol. The van der Waals surface area contributed by atoms with E-state index in [0.717, 1.165) is 11.2 Å². The van der Waals surface area contributed by atoms with Gasteiger partial charge in [-0.3, -0.25) is 0 Å². The number of hydrogen-bond donors (Lipinski definition) is 2. The van der Waals surface area contributed by atoms with E-state index < -0.39 is 5.97 Å². The van der Waals surface area contributed by atoms with Crippen LogP contribution in [-0.4, -0.2) is 30.8 Å². The van der Waals surface area contributed by atoms with Gasteiger partial charge in [0, 0.05) is 24.0 Å². The molecule has 0 aliphatic carbocycles. The number of aromatic carboxylic acids is 1. The van der Waals surface area contributed by atoms with E-state index in [1.165, 1.54) is 6.20 Å². The number of benzene rings is 1. The van der Waals surface area contributed by atoms with Gasteiger partial charge in [0.25, 0.3) is 0 Å². The first kappa shape index (κ1) is 13.0. The van der Waals surface area contributed by atoms with Crippen molar-refractivity contribution < 1.29 is 9.90 Å². The third kappa shape index (κ3) is 2.40. The number of carboxylic acid groups (broad SMARTS) is 1. The van der Waals surface area contributed by atoms with Crippen LogP contribution in [0.3, 0.4) is 0 Å². The second-order valence-corrected chi connectivity index (χ2v) is 4.58. The summed E-state index contributed by atoms with van der Waals surface area (Å²) in [4.78, 5) is 15.4. The highest BCUT2D eigenvalue weighted by Crippen LogP contribution is 2.24. The maximum absolute atomic E-state index is 11.2. The topological polar surface area (TPSA) is 92.9 Å². The summed E-state index contributed by atoms with van der Waals surface area (Å²) in [7, 11) is 1.86. The van der Waals surface area contributed by atoms with Crippen LogP contribution in [0.1, 0.15) is 16.2 Å². The van der Waals surface area contributed by atoms with Gasteiger partial charge < -0.3 is 15.0 Å². The molecule has 106 valence electrons. The Balaban J connectivity index is 1.98. The fourth-order valence-corrected chi connectivity index (χ4v) is 2.13. The lowest BCUT2D eigenvalue weighted by atomic mass is 10.1. The number of anilines is 1. The Hall–Kier alpha value is -2.96. The molecule has 0 atom stereocenters. The lowest BCUT2D eigenvalue weighted by Crippen LogP contribution is -2.08. The molecule has 3 rings (SSSR count). The van der Waals surface area contributed by atoms with Gasteiger partial charge in [-0.15, -0.1) is 10.2 Å². The van der Waals surface area contributed by atoms with Crippen molar-refractivity contribution in [3.63, 3.8) is 0 Å². The zero-order chi connectivity index (χ0) is 14.8. The molecule has 7 heteroatoms. The van der Waals surface area contributed by atoms with Crippen molar-refractivity contribution in [2.45, 2.75) is 6.54 Å². The molecular weight excluding hydrogens is 270 g/mol. The minimum absolute atomic E-state index is 0.190. The number of nitrogens with one attached hydrogen (secondary N) is 1. The fraction of sp³-hybridized carbons (Fsp3) is 0.143. The lowest BCUT2D eigenvalue weighted by molar-refractivity contribution is 0.0698.